The summed E-state index contributed by atoms with van der Waals surface area (Å²) in [6.07, 6.45) is 4.10. The number of aliphatic hydroxyl groups excluding tert-OH is 1. The van der Waals surface area contributed by atoms with Crippen molar-refractivity contribution in [1.82, 2.24) is 9.88 Å². The molecule has 2 aliphatic rings. The molecule has 128 valence electrons. The minimum absolute atomic E-state index is 0.0784. The van der Waals surface area contributed by atoms with Gasteiger partial charge in [-0.25, -0.2) is 0 Å². The zero-order valence-corrected chi connectivity index (χ0v) is 14.0. The van der Waals surface area contributed by atoms with E-state index in [1.165, 1.54) is 0 Å². The fraction of sp³-hybridized carbons (Fsp3) is 0.526. The van der Waals surface area contributed by atoms with Crippen molar-refractivity contribution in [3.05, 3.63) is 36.0 Å². The topological polar surface area (TPSA) is 65.6 Å². The number of rotatable bonds is 3. The van der Waals surface area contributed by atoms with Crippen LogP contribution in [0.4, 0.5) is 0 Å². The van der Waals surface area contributed by atoms with Crippen LogP contribution in [0.3, 0.4) is 0 Å². The Bertz CT molecular complexity index is 744. The number of aromatic amines is 1. The smallest absolute Gasteiger partial charge is 0.253 e. The molecule has 1 saturated heterocycles. The number of ether oxygens (including phenoxy) is 1. The number of benzene rings is 1. The molecule has 2 atom stereocenters. The average Bonchev–Trinajstić information content (AvgIpc) is 3.09. The van der Waals surface area contributed by atoms with E-state index in [4.69, 9.17) is 4.74 Å². The quantitative estimate of drug-likeness (QED) is 0.910. The lowest BCUT2D eigenvalue weighted by atomic mass is 9.58. The molecule has 1 aromatic carbocycles. The molecule has 1 aliphatic heterocycles. The molecule has 2 N–H and O–H groups in total. The molecule has 1 amide bonds. The third kappa shape index (κ3) is 2.34. The van der Waals surface area contributed by atoms with Crippen LogP contribution in [0.15, 0.2) is 30.5 Å². The van der Waals surface area contributed by atoms with Crippen LogP contribution in [0.1, 0.15) is 36.5 Å². The number of carbonyl (C=O) groups is 1. The van der Waals surface area contributed by atoms with Crippen molar-refractivity contribution in [1.29, 1.82) is 0 Å². The molecule has 5 nitrogen and oxygen atoms in total. The molecule has 0 radical (unpaired) electrons. The van der Waals surface area contributed by atoms with Crippen LogP contribution in [0.5, 0.6) is 0 Å². The van der Waals surface area contributed by atoms with Crippen molar-refractivity contribution in [3.63, 3.8) is 0 Å². The van der Waals surface area contributed by atoms with E-state index in [9.17, 15) is 9.90 Å². The number of fused-ring (bicyclic) bond motifs is 1. The first-order valence-corrected chi connectivity index (χ1v) is 8.80. The number of aliphatic hydroxyl groups is 1. The Kier molecular flexibility index (Phi) is 3.85. The molecule has 1 spiro atoms. The summed E-state index contributed by atoms with van der Waals surface area (Å²) in [5.41, 5.74) is 1.63. The van der Waals surface area contributed by atoms with Crippen LogP contribution < -0.4 is 0 Å². The normalized spacial score (nSPS) is 25.8. The van der Waals surface area contributed by atoms with E-state index in [1.807, 2.05) is 42.3 Å². The van der Waals surface area contributed by atoms with Crippen LogP contribution in [0, 0.1) is 5.41 Å². The molecule has 1 aromatic heterocycles. The number of H-pyrrole nitrogens is 1. The van der Waals surface area contributed by atoms with Crippen molar-refractivity contribution in [2.45, 2.75) is 38.4 Å². The molecule has 1 saturated carbocycles. The molecule has 2 fully saturated rings. The fourth-order valence-corrected chi connectivity index (χ4v) is 4.31. The predicted octanol–water partition coefficient (Wildman–Crippen LogP) is 2.56. The van der Waals surface area contributed by atoms with E-state index in [1.54, 1.807) is 0 Å². The number of piperidine rings is 1. The van der Waals surface area contributed by atoms with Gasteiger partial charge in [-0.3, -0.25) is 4.79 Å². The maximum atomic E-state index is 12.8. The third-order valence-corrected chi connectivity index (χ3v) is 5.89. The van der Waals surface area contributed by atoms with Crippen molar-refractivity contribution >= 4 is 16.8 Å². The molecular formula is C19H24N2O3. The summed E-state index contributed by atoms with van der Waals surface area (Å²) in [6.45, 7) is 4.04. The summed E-state index contributed by atoms with van der Waals surface area (Å²) in [4.78, 5) is 17.8. The monoisotopic (exact) mass is 328 g/mol. The highest BCUT2D eigenvalue weighted by atomic mass is 16.5. The van der Waals surface area contributed by atoms with Gasteiger partial charge in [0.15, 0.2) is 0 Å². The first-order chi connectivity index (χ1) is 11.6. The number of likely N-dealkylation sites (tertiary alicyclic amines) is 1. The molecular weight excluding hydrogens is 304 g/mol. The van der Waals surface area contributed by atoms with Crippen molar-refractivity contribution in [3.8, 4) is 0 Å². The van der Waals surface area contributed by atoms with E-state index in [0.29, 0.717) is 19.7 Å². The first-order valence-electron chi connectivity index (χ1n) is 8.80. The summed E-state index contributed by atoms with van der Waals surface area (Å²) in [5, 5.41) is 11.3. The van der Waals surface area contributed by atoms with Crippen LogP contribution >= 0.6 is 0 Å². The lowest BCUT2D eigenvalue weighted by Crippen LogP contribution is -2.62. The molecule has 2 heterocycles. The third-order valence-electron chi connectivity index (χ3n) is 5.89. The standard InChI is InChI=1S/C19H24N2O3/c1-2-24-17-12-16(22)19(17)6-9-21(10-7-19)18(23)14-3-4-15-13(11-14)5-8-20-15/h3-5,8,11,16-17,20,22H,2,6-7,9-10,12H2,1H3/t16-,17-/m0/s1. The predicted molar refractivity (Wildman–Crippen MR) is 91.9 cm³/mol. The molecule has 5 heteroatoms. The Morgan fingerprint density at radius 2 is 2.17 bits per heavy atom. The summed E-state index contributed by atoms with van der Waals surface area (Å²) < 4.78 is 5.79. The number of aromatic nitrogens is 1. The Morgan fingerprint density at radius 1 is 1.38 bits per heavy atom. The minimum Gasteiger partial charge on any atom is -0.392 e. The fourth-order valence-electron chi connectivity index (χ4n) is 4.31. The molecule has 24 heavy (non-hydrogen) atoms. The Morgan fingerprint density at radius 3 is 2.88 bits per heavy atom. The Balaban J connectivity index is 1.46. The van der Waals surface area contributed by atoms with Gasteiger partial charge in [-0.15, -0.1) is 0 Å². The van der Waals surface area contributed by atoms with E-state index < -0.39 is 0 Å². The van der Waals surface area contributed by atoms with Crippen molar-refractivity contribution < 1.29 is 14.6 Å². The molecule has 4 rings (SSSR count). The number of amides is 1. The van der Waals surface area contributed by atoms with Gasteiger partial charge in [0.1, 0.15) is 0 Å². The van der Waals surface area contributed by atoms with Gasteiger partial charge in [-0.1, -0.05) is 0 Å². The summed E-state index contributed by atoms with van der Waals surface area (Å²) in [6, 6.07) is 7.76. The van der Waals surface area contributed by atoms with Gasteiger partial charge < -0.3 is 19.7 Å². The second-order valence-electron chi connectivity index (χ2n) is 7.00. The van der Waals surface area contributed by atoms with Crippen LogP contribution in [0.2, 0.25) is 0 Å². The van der Waals surface area contributed by atoms with Gasteiger partial charge in [0.05, 0.1) is 12.2 Å². The van der Waals surface area contributed by atoms with Gasteiger partial charge in [0, 0.05) is 54.2 Å². The van der Waals surface area contributed by atoms with Gasteiger partial charge in [-0.2, -0.15) is 0 Å². The van der Waals surface area contributed by atoms with Gasteiger partial charge in [-0.05, 0) is 44.0 Å². The highest BCUT2D eigenvalue weighted by molar-refractivity contribution is 5.98. The average molecular weight is 328 g/mol. The number of hydrogen-bond acceptors (Lipinski definition) is 3. The number of carbonyl (C=O) groups excluding carboxylic acids is 1. The highest BCUT2D eigenvalue weighted by Crippen LogP contribution is 2.51. The second-order valence-corrected chi connectivity index (χ2v) is 7.00. The SMILES string of the molecule is CCO[C@H]1C[C@H](O)C12CCN(C(=O)c1ccc3[nH]ccc3c1)CC2. The molecule has 0 bridgehead atoms. The van der Waals surface area contributed by atoms with Crippen molar-refractivity contribution in [2.75, 3.05) is 19.7 Å². The molecule has 0 unspecified atom stereocenters. The van der Waals surface area contributed by atoms with E-state index in [2.05, 4.69) is 4.98 Å². The van der Waals surface area contributed by atoms with Gasteiger partial charge in [0.2, 0.25) is 0 Å². The lowest BCUT2D eigenvalue weighted by molar-refractivity contribution is -0.207. The van der Waals surface area contributed by atoms with Gasteiger partial charge >= 0.3 is 0 Å². The van der Waals surface area contributed by atoms with Gasteiger partial charge in [0.25, 0.3) is 5.91 Å². The van der Waals surface area contributed by atoms with E-state index in [0.717, 1.165) is 35.7 Å². The Labute approximate surface area is 141 Å². The summed E-state index contributed by atoms with van der Waals surface area (Å²) in [5.74, 6) is 0.0784. The van der Waals surface area contributed by atoms with Crippen LogP contribution in [-0.2, 0) is 4.74 Å². The van der Waals surface area contributed by atoms with E-state index in [-0.39, 0.29) is 23.5 Å². The van der Waals surface area contributed by atoms with E-state index >= 15 is 0 Å². The largest absolute Gasteiger partial charge is 0.392 e. The highest BCUT2D eigenvalue weighted by Gasteiger charge is 2.56. The summed E-state index contributed by atoms with van der Waals surface area (Å²) >= 11 is 0. The zero-order chi connectivity index (χ0) is 16.7. The van der Waals surface area contributed by atoms with Crippen LogP contribution in [0.25, 0.3) is 10.9 Å². The maximum absolute atomic E-state index is 12.8. The number of nitrogens with one attached hydrogen (secondary N) is 1. The van der Waals surface area contributed by atoms with Crippen LogP contribution in [-0.4, -0.2) is 52.8 Å². The van der Waals surface area contributed by atoms with Crippen molar-refractivity contribution in [2.24, 2.45) is 5.41 Å². The molecule has 2 aromatic rings. The second kappa shape index (κ2) is 5.90. The molecule has 1 aliphatic carbocycles. The lowest BCUT2D eigenvalue weighted by Gasteiger charge is -2.56. The summed E-state index contributed by atoms with van der Waals surface area (Å²) in [7, 11) is 0. The maximum Gasteiger partial charge on any atom is 0.253 e. The zero-order valence-electron chi connectivity index (χ0n) is 14.0. The Hall–Kier alpha value is -1.85. The number of hydrogen-bond donors (Lipinski definition) is 2. The number of nitrogens with zero attached hydrogens (tertiary/aromatic N) is 1. The first kappa shape index (κ1) is 15.7. The minimum atomic E-state index is -0.289.